The molecule has 0 aliphatic carbocycles. The van der Waals surface area contributed by atoms with Gasteiger partial charge in [-0.15, -0.1) is 0 Å². The van der Waals surface area contributed by atoms with E-state index in [0.29, 0.717) is 25.0 Å². The molecular formula is C14H16BrNO3. The fraction of sp³-hybridized carbons (Fsp3) is 0.571. The molecule has 0 aromatic heterocycles. The van der Waals surface area contributed by atoms with Crippen molar-refractivity contribution in [3.63, 3.8) is 0 Å². The number of rotatable bonds is 3. The number of halogens is 1. The first-order valence-corrected chi connectivity index (χ1v) is 7.56. The monoisotopic (exact) mass is 325 g/mol. The van der Waals surface area contributed by atoms with Crippen molar-refractivity contribution in [3.05, 3.63) is 22.2 Å². The van der Waals surface area contributed by atoms with E-state index in [1.54, 1.807) is 0 Å². The number of ether oxygens (including phenoxy) is 3. The van der Waals surface area contributed by atoms with Gasteiger partial charge in [0.1, 0.15) is 0 Å². The van der Waals surface area contributed by atoms with Gasteiger partial charge in [-0.2, -0.15) is 0 Å². The van der Waals surface area contributed by atoms with Gasteiger partial charge in [0.25, 0.3) is 0 Å². The first-order valence-electron chi connectivity index (χ1n) is 6.76. The third-order valence-electron chi connectivity index (χ3n) is 4.20. The topological polar surface area (TPSA) is 39.7 Å². The third-order valence-corrected chi connectivity index (χ3v) is 4.94. The summed E-state index contributed by atoms with van der Waals surface area (Å²) in [5, 5.41) is 3.61. The maximum atomic E-state index is 5.86. The molecule has 1 aromatic rings. The molecular weight excluding hydrogens is 310 g/mol. The Morgan fingerprint density at radius 2 is 2.05 bits per heavy atom. The zero-order chi connectivity index (χ0) is 12.8. The molecule has 0 radical (unpaired) electrons. The highest BCUT2D eigenvalue weighted by Gasteiger charge is 2.40. The fourth-order valence-electron chi connectivity index (χ4n) is 3.19. The smallest absolute Gasteiger partial charge is 0.231 e. The van der Waals surface area contributed by atoms with Crippen LogP contribution >= 0.6 is 15.9 Å². The maximum absolute atomic E-state index is 5.86. The minimum absolute atomic E-state index is 0.318. The van der Waals surface area contributed by atoms with Gasteiger partial charge in [-0.1, -0.05) is 15.9 Å². The first-order chi connectivity index (χ1) is 9.29. The van der Waals surface area contributed by atoms with Crippen LogP contribution in [0.2, 0.25) is 0 Å². The molecule has 19 heavy (non-hydrogen) atoms. The van der Waals surface area contributed by atoms with Crippen LogP contribution in [0.1, 0.15) is 24.8 Å². The van der Waals surface area contributed by atoms with Crippen molar-refractivity contribution >= 4 is 15.9 Å². The summed E-state index contributed by atoms with van der Waals surface area (Å²) in [4.78, 5) is 0. The van der Waals surface area contributed by atoms with E-state index in [-0.39, 0.29) is 0 Å². The molecule has 102 valence electrons. The van der Waals surface area contributed by atoms with E-state index in [1.807, 2.05) is 12.1 Å². The quantitative estimate of drug-likeness (QED) is 0.927. The zero-order valence-electron chi connectivity index (χ0n) is 10.5. The lowest BCUT2D eigenvalue weighted by Gasteiger charge is -2.20. The van der Waals surface area contributed by atoms with Crippen LogP contribution in [0.5, 0.6) is 11.5 Å². The Bertz CT molecular complexity index is 508. The van der Waals surface area contributed by atoms with Crippen LogP contribution in [0.4, 0.5) is 0 Å². The number of hydrogen-bond acceptors (Lipinski definition) is 4. The number of benzene rings is 1. The van der Waals surface area contributed by atoms with Gasteiger partial charge in [-0.05, 0) is 37.0 Å². The van der Waals surface area contributed by atoms with Gasteiger partial charge < -0.3 is 19.5 Å². The van der Waals surface area contributed by atoms with Gasteiger partial charge in [0, 0.05) is 17.1 Å². The molecule has 3 aliphatic heterocycles. The minimum atomic E-state index is 0.318. The molecule has 1 aromatic carbocycles. The summed E-state index contributed by atoms with van der Waals surface area (Å²) in [5.41, 5.74) is 1.20. The van der Waals surface area contributed by atoms with Gasteiger partial charge in [0.2, 0.25) is 6.79 Å². The zero-order valence-corrected chi connectivity index (χ0v) is 12.1. The summed E-state index contributed by atoms with van der Waals surface area (Å²) in [6, 6.07) is 4.53. The average molecular weight is 326 g/mol. The lowest BCUT2D eigenvalue weighted by Crippen LogP contribution is -2.37. The molecule has 0 amide bonds. The van der Waals surface area contributed by atoms with Crippen molar-refractivity contribution in [1.29, 1.82) is 0 Å². The van der Waals surface area contributed by atoms with Crippen LogP contribution in [0, 0.1) is 0 Å². The summed E-state index contributed by atoms with van der Waals surface area (Å²) < 4.78 is 17.7. The molecule has 0 spiro atoms. The fourth-order valence-corrected chi connectivity index (χ4v) is 3.65. The van der Waals surface area contributed by atoms with Gasteiger partial charge in [-0.3, -0.25) is 0 Å². The number of fused-ring (bicyclic) bond motifs is 3. The van der Waals surface area contributed by atoms with Crippen molar-refractivity contribution in [2.45, 2.75) is 44.1 Å². The molecule has 2 fully saturated rings. The van der Waals surface area contributed by atoms with Crippen LogP contribution in [0.25, 0.3) is 0 Å². The van der Waals surface area contributed by atoms with Crippen molar-refractivity contribution in [2.75, 3.05) is 6.79 Å². The summed E-state index contributed by atoms with van der Waals surface area (Å²) >= 11 is 3.59. The Morgan fingerprint density at radius 3 is 2.79 bits per heavy atom. The molecule has 3 atom stereocenters. The third kappa shape index (κ3) is 2.14. The largest absolute Gasteiger partial charge is 0.454 e. The van der Waals surface area contributed by atoms with E-state index in [2.05, 4.69) is 21.2 Å². The van der Waals surface area contributed by atoms with E-state index in [9.17, 15) is 0 Å². The van der Waals surface area contributed by atoms with Gasteiger partial charge in [0.15, 0.2) is 11.5 Å². The lowest BCUT2D eigenvalue weighted by molar-refractivity contribution is 0.0973. The average Bonchev–Trinajstić information content (AvgIpc) is 3.11. The molecule has 2 saturated heterocycles. The molecule has 5 heteroatoms. The Labute approximate surface area is 120 Å². The Balaban J connectivity index is 1.45. The van der Waals surface area contributed by atoms with Crippen LogP contribution in [-0.2, 0) is 11.3 Å². The highest BCUT2D eigenvalue weighted by atomic mass is 79.9. The standard InChI is InChI=1S/C14H16BrNO3/c15-10-5-14-13(17-7-18-14)3-8(10)6-16-11-4-9-1-2-12(11)19-9/h3,5,9,11-12,16H,1-2,4,6-7H2. The van der Waals surface area contributed by atoms with E-state index < -0.39 is 0 Å². The highest BCUT2D eigenvalue weighted by molar-refractivity contribution is 9.10. The van der Waals surface area contributed by atoms with Crippen molar-refractivity contribution in [3.8, 4) is 11.5 Å². The van der Waals surface area contributed by atoms with E-state index in [1.165, 1.54) is 18.4 Å². The predicted octanol–water partition coefficient (Wildman–Crippen LogP) is 2.59. The normalized spacial score (nSPS) is 31.1. The van der Waals surface area contributed by atoms with E-state index in [4.69, 9.17) is 14.2 Å². The second kappa shape index (κ2) is 4.65. The Kier molecular flexibility index (Phi) is 2.94. The first kappa shape index (κ1) is 12.0. The highest BCUT2D eigenvalue weighted by Crippen LogP contribution is 2.38. The van der Waals surface area contributed by atoms with Gasteiger partial charge in [-0.25, -0.2) is 0 Å². The van der Waals surface area contributed by atoms with Crippen LogP contribution in [-0.4, -0.2) is 25.0 Å². The molecule has 1 N–H and O–H groups in total. The Morgan fingerprint density at radius 1 is 1.21 bits per heavy atom. The molecule has 3 heterocycles. The number of nitrogens with one attached hydrogen (secondary N) is 1. The van der Waals surface area contributed by atoms with E-state index in [0.717, 1.165) is 28.9 Å². The Hall–Kier alpha value is -0.780. The molecule has 2 bridgehead atoms. The predicted molar refractivity (Wildman–Crippen MR) is 73.4 cm³/mol. The summed E-state index contributed by atoms with van der Waals surface area (Å²) in [6.07, 6.45) is 4.48. The van der Waals surface area contributed by atoms with Crippen molar-refractivity contribution in [2.24, 2.45) is 0 Å². The van der Waals surface area contributed by atoms with Crippen LogP contribution in [0.3, 0.4) is 0 Å². The second-order valence-electron chi connectivity index (χ2n) is 5.39. The van der Waals surface area contributed by atoms with E-state index >= 15 is 0 Å². The lowest BCUT2D eigenvalue weighted by atomic mass is 9.95. The summed E-state index contributed by atoms with van der Waals surface area (Å²) in [6.45, 7) is 1.15. The van der Waals surface area contributed by atoms with Gasteiger partial charge in [0.05, 0.1) is 12.2 Å². The molecule has 3 aliphatic rings. The molecule has 0 saturated carbocycles. The molecule has 3 unspecified atom stereocenters. The summed E-state index contributed by atoms with van der Waals surface area (Å²) in [7, 11) is 0. The SMILES string of the molecule is Brc1cc2c(cc1CNC1CC3CCC1O3)OCO2. The minimum Gasteiger partial charge on any atom is -0.454 e. The summed E-state index contributed by atoms with van der Waals surface area (Å²) in [5.74, 6) is 1.66. The number of hydrogen-bond donors (Lipinski definition) is 1. The molecule has 4 nitrogen and oxygen atoms in total. The maximum Gasteiger partial charge on any atom is 0.231 e. The van der Waals surface area contributed by atoms with Crippen molar-refractivity contribution in [1.82, 2.24) is 5.32 Å². The van der Waals surface area contributed by atoms with Gasteiger partial charge >= 0.3 is 0 Å². The van der Waals surface area contributed by atoms with Crippen LogP contribution in [0.15, 0.2) is 16.6 Å². The molecule has 4 rings (SSSR count). The van der Waals surface area contributed by atoms with Crippen LogP contribution < -0.4 is 14.8 Å². The second-order valence-corrected chi connectivity index (χ2v) is 6.25. The van der Waals surface area contributed by atoms with Crippen molar-refractivity contribution < 1.29 is 14.2 Å².